The normalized spacial score (nSPS) is 11.3. The fourth-order valence-corrected chi connectivity index (χ4v) is 5.24. The van der Waals surface area contributed by atoms with E-state index in [9.17, 15) is 14.4 Å². The Labute approximate surface area is 268 Å². The number of hydrogen-bond acceptors (Lipinski definition) is 4. The number of primary amides is 1. The number of carbonyl (C=O) groups is 3. The van der Waals surface area contributed by atoms with Crippen LogP contribution in [0.15, 0.2) is 133 Å². The number of nitrogen functional groups attached to an aromatic ring is 1. The number of rotatable bonds is 12. The molecule has 5 aromatic carbocycles. The van der Waals surface area contributed by atoms with E-state index in [1.54, 1.807) is 24.3 Å². The molecule has 5 aromatic rings. The van der Waals surface area contributed by atoms with Crippen LogP contribution in [0.25, 0.3) is 22.3 Å². The first-order chi connectivity index (χ1) is 22.3. The van der Waals surface area contributed by atoms with Gasteiger partial charge in [0.25, 0.3) is 5.91 Å². The first-order valence-corrected chi connectivity index (χ1v) is 14.9. The molecule has 3 amide bonds. The van der Waals surface area contributed by atoms with Gasteiger partial charge in [0.2, 0.25) is 11.8 Å². The Kier molecular flexibility index (Phi) is 9.99. The Balaban J connectivity index is 1.50. The molecule has 0 fully saturated rings. The predicted molar refractivity (Wildman–Crippen MR) is 181 cm³/mol. The van der Waals surface area contributed by atoms with Crippen molar-refractivity contribution in [3.8, 4) is 22.3 Å². The number of amidine groups is 1. The van der Waals surface area contributed by atoms with Gasteiger partial charge in [-0.05, 0) is 45.5 Å². The number of nitrogens with two attached hydrogens (primary N) is 2. The zero-order valence-corrected chi connectivity index (χ0v) is 25.2. The summed E-state index contributed by atoms with van der Waals surface area (Å²) >= 11 is 0. The number of nitrogens with zero attached hydrogens (tertiary/aromatic N) is 1. The van der Waals surface area contributed by atoms with Crippen LogP contribution in [0, 0.1) is 5.41 Å². The highest BCUT2D eigenvalue weighted by molar-refractivity contribution is 6.00. The monoisotopic (exact) mass is 609 g/mol. The van der Waals surface area contributed by atoms with Crippen molar-refractivity contribution >= 4 is 23.6 Å². The van der Waals surface area contributed by atoms with Crippen LogP contribution in [0.1, 0.15) is 27.0 Å². The molecule has 8 nitrogen and oxygen atoms in total. The second-order valence-electron chi connectivity index (χ2n) is 11.0. The Morgan fingerprint density at radius 1 is 0.609 bits per heavy atom. The van der Waals surface area contributed by atoms with Gasteiger partial charge in [-0.25, -0.2) is 0 Å². The summed E-state index contributed by atoms with van der Waals surface area (Å²) in [6.45, 7) is -0.234. The molecule has 0 saturated heterocycles. The van der Waals surface area contributed by atoms with Crippen molar-refractivity contribution in [3.63, 3.8) is 0 Å². The second kappa shape index (κ2) is 14.6. The maximum absolute atomic E-state index is 14.2. The van der Waals surface area contributed by atoms with Crippen molar-refractivity contribution in [2.45, 2.75) is 19.0 Å². The third-order valence-corrected chi connectivity index (χ3v) is 7.72. The van der Waals surface area contributed by atoms with Crippen LogP contribution in [0.5, 0.6) is 0 Å². The largest absolute Gasteiger partial charge is 0.384 e. The van der Waals surface area contributed by atoms with E-state index in [4.69, 9.17) is 16.9 Å². The molecule has 0 saturated carbocycles. The van der Waals surface area contributed by atoms with Gasteiger partial charge < -0.3 is 21.7 Å². The summed E-state index contributed by atoms with van der Waals surface area (Å²) in [6, 6.07) is 41.0. The fourth-order valence-electron chi connectivity index (χ4n) is 5.24. The third-order valence-electron chi connectivity index (χ3n) is 7.72. The minimum absolute atomic E-state index is 0.114. The van der Waals surface area contributed by atoms with Crippen LogP contribution in [0.3, 0.4) is 0 Å². The lowest BCUT2D eigenvalue weighted by Crippen LogP contribution is -2.51. The number of carbonyl (C=O) groups excluding carboxylic acids is 3. The molecule has 230 valence electrons. The Hall–Kier alpha value is -6.02. The average molecular weight is 610 g/mol. The molecule has 6 N–H and O–H groups in total. The molecule has 0 heterocycles. The molecule has 1 atom stereocenters. The van der Waals surface area contributed by atoms with E-state index >= 15 is 0 Å². The van der Waals surface area contributed by atoms with Crippen LogP contribution in [0.2, 0.25) is 0 Å². The van der Waals surface area contributed by atoms with Crippen LogP contribution in [0.4, 0.5) is 0 Å². The van der Waals surface area contributed by atoms with Gasteiger partial charge in [-0.1, -0.05) is 121 Å². The number of nitrogens with one attached hydrogen (secondary N) is 2. The van der Waals surface area contributed by atoms with Crippen molar-refractivity contribution in [2.24, 2.45) is 11.5 Å². The third kappa shape index (κ3) is 7.92. The van der Waals surface area contributed by atoms with E-state index in [1.807, 2.05) is 109 Å². The van der Waals surface area contributed by atoms with Crippen LogP contribution in [-0.4, -0.2) is 41.0 Å². The molecular formula is C38H35N5O3. The van der Waals surface area contributed by atoms with Gasteiger partial charge in [0.1, 0.15) is 11.9 Å². The predicted octanol–water partition coefficient (Wildman–Crippen LogP) is 5.16. The zero-order chi connectivity index (χ0) is 32.5. The van der Waals surface area contributed by atoms with Crippen LogP contribution < -0.4 is 16.8 Å². The summed E-state index contributed by atoms with van der Waals surface area (Å²) in [5, 5.41) is 10.3. The lowest BCUT2D eigenvalue weighted by atomic mass is 9.98. The van der Waals surface area contributed by atoms with E-state index < -0.39 is 17.9 Å². The van der Waals surface area contributed by atoms with Crippen LogP contribution in [-0.2, 0) is 22.6 Å². The standard InChI is InChI=1S/C38H35N5O3/c39-35(44)24-42-37(45)34(23-26-11-15-30(16-12-26)28-7-3-1-4-8-28)43(38(46)33-21-19-32(20-22-33)36(40)41)25-27-13-17-31(18-14-27)29-9-5-2-6-10-29/h1-22,34H,23-25H2,(H2,39,44)(H3,40,41)(H,42,45). The molecule has 0 aliphatic carbocycles. The molecule has 0 bridgehead atoms. The Morgan fingerprint density at radius 2 is 1.07 bits per heavy atom. The highest BCUT2D eigenvalue weighted by Gasteiger charge is 2.31. The first-order valence-electron chi connectivity index (χ1n) is 14.9. The molecule has 1 unspecified atom stereocenters. The average Bonchev–Trinajstić information content (AvgIpc) is 3.09. The van der Waals surface area contributed by atoms with E-state index in [2.05, 4.69) is 5.32 Å². The summed E-state index contributed by atoms with van der Waals surface area (Å²) < 4.78 is 0. The molecule has 0 aromatic heterocycles. The van der Waals surface area contributed by atoms with Crippen molar-refractivity contribution in [1.29, 1.82) is 5.41 Å². The summed E-state index contributed by atoms with van der Waals surface area (Å²) in [5.74, 6) is -1.69. The molecule has 8 heteroatoms. The molecular weight excluding hydrogens is 574 g/mol. The van der Waals surface area contributed by atoms with Gasteiger partial charge in [-0.3, -0.25) is 19.8 Å². The lowest BCUT2D eigenvalue weighted by Gasteiger charge is -2.31. The lowest BCUT2D eigenvalue weighted by molar-refractivity contribution is -0.128. The van der Waals surface area contributed by atoms with E-state index in [0.29, 0.717) is 11.1 Å². The fraction of sp³-hybridized carbons (Fsp3) is 0.105. The summed E-state index contributed by atoms with van der Waals surface area (Å²) in [5.41, 5.74) is 17.6. The molecule has 46 heavy (non-hydrogen) atoms. The van der Waals surface area contributed by atoms with Gasteiger partial charge in [-0.15, -0.1) is 0 Å². The molecule has 0 aliphatic rings. The van der Waals surface area contributed by atoms with Crippen molar-refractivity contribution in [1.82, 2.24) is 10.2 Å². The minimum atomic E-state index is -0.976. The number of benzene rings is 5. The van der Waals surface area contributed by atoms with E-state index in [1.165, 1.54) is 4.90 Å². The second-order valence-corrected chi connectivity index (χ2v) is 11.0. The highest BCUT2D eigenvalue weighted by atomic mass is 16.2. The minimum Gasteiger partial charge on any atom is -0.384 e. The summed E-state index contributed by atoms with van der Waals surface area (Å²) in [6.07, 6.45) is 0.193. The molecule has 5 rings (SSSR count). The molecule has 0 aliphatic heterocycles. The van der Waals surface area contributed by atoms with Gasteiger partial charge in [-0.2, -0.15) is 0 Å². The molecule has 0 spiro atoms. The smallest absolute Gasteiger partial charge is 0.254 e. The molecule has 0 radical (unpaired) electrons. The summed E-state index contributed by atoms with van der Waals surface area (Å²) in [7, 11) is 0. The summed E-state index contributed by atoms with van der Waals surface area (Å²) in [4.78, 5) is 41.1. The highest BCUT2D eigenvalue weighted by Crippen LogP contribution is 2.24. The number of amides is 3. The van der Waals surface area contributed by atoms with Gasteiger partial charge in [0, 0.05) is 24.1 Å². The SMILES string of the molecule is N=C(N)c1ccc(C(=O)N(Cc2ccc(-c3ccccc3)cc2)C(Cc2ccc(-c3ccccc3)cc2)C(=O)NCC(N)=O)cc1. The maximum Gasteiger partial charge on any atom is 0.254 e. The van der Waals surface area contributed by atoms with Crippen LogP contribution >= 0.6 is 0 Å². The Morgan fingerprint density at radius 3 is 1.54 bits per heavy atom. The zero-order valence-electron chi connectivity index (χ0n) is 25.2. The maximum atomic E-state index is 14.2. The van der Waals surface area contributed by atoms with Gasteiger partial charge >= 0.3 is 0 Å². The quantitative estimate of drug-likeness (QED) is 0.114. The van der Waals surface area contributed by atoms with Gasteiger partial charge in [0.05, 0.1) is 6.54 Å². The topological polar surface area (TPSA) is 142 Å². The number of hydrogen-bond donors (Lipinski definition) is 4. The van der Waals surface area contributed by atoms with Crippen molar-refractivity contribution in [3.05, 3.63) is 156 Å². The van der Waals surface area contributed by atoms with E-state index in [-0.39, 0.29) is 31.3 Å². The Bertz CT molecular complexity index is 1810. The van der Waals surface area contributed by atoms with Gasteiger partial charge in [0.15, 0.2) is 0 Å². The first kappa shape index (κ1) is 31.4. The van der Waals surface area contributed by atoms with Crippen molar-refractivity contribution in [2.75, 3.05) is 6.54 Å². The van der Waals surface area contributed by atoms with Crippen molar-refractivity contribution < 1.29 is 14.4 Å². The van der Waals surface area contributed by atoms with E-state index in [0.717, 1.165) is 33.4 Å².